The molecule has 0 saturated carbocycles. The summed E-state index contributed by atoms with van der Waals surface area (Å²) in [6.07, 6.45) is 4.60. The van der Waals surface area contributed by atoms with Crippen LogP contribution in [-0.2, 0) is 11.8 Å². The summed E-state index contributed by atoms with van der Waals surface area (Å²) >= 11 is 0. The van der Waals surface area contributed by atoms with Crippen molar-refractivity contribution in [3.8, 4) is 0 Å². The molecule has 5 heteroatoms. The van der Waals surface area contributed by atoms with Crippen LogP contribution in [0.1, 0.15) is 25.0 Å². The van der Waals surface area contributed by atoms with Crippen LogP contribution in [0.2, 0.25) is 0 Å². The fraction of sp³-hybridized carbons (Fsp3) is 0.667. The Kier molecular flexibility index (Phi) is 3.78. The lowest BCUT2D eigenvalue weighted by Crippen LogP contribution is -2.15. The number of carbonyl (C=O) groups is 1. The summed E-state index contributed by atoms with van der Waals surface area (Å²) in [5, 5.41) is 10.4. The Balaban J connectivity index is 1.78. The second kappa shape index (κ2) is 5.31. The van der Waals surface area contributed by atoms with Gasteiger partial charge in [-0.1, -0.05) is 0 Å². The van der Waals surface area contributed by atoms with Gasteiger partial charge in [0.25, 0.3) is 0 Å². The molecule has 1 aromatic heterocycles. The molecule has 1 unspecified atom stereocenters. The highest BCUT2D eigenvalue weighted by molar-refractivity contribution is 5.91. The zero-order chi connectivity index (χ0) is 12.3. The summed E-state index contributed by atoms with van der Waals surface area (Å²) in [5.74, 6) is 0.753. The van der Waals surface area contributed by atoms with Crippen LogP contribution in [0.3, 0.4) is 0 Å². The van der Waals surface area contributed by atoms with Crippen LogP contribution < -0.4 is 10.6 Å². The Morgan fingerprint density at radius 3 is 3.12 bits per heavy atom. The molecule has 1 saturated heterocycles. The molecule has 1 aliphatic heterocycles. The molecule has 0 bridgehead atoms. The maximum atomic E-state index is 11.8. The van der Waals surface area contributed by atoms with Gasteiger partial charge >= 0.3 is 0 Å². The number of nitrogens with one attached hydrogen (secondary N) is 2. The van der Waals surface area contributed by atoms with Gasteiger partial charge in [0.2, 0.25) is 5.91 Å². The molecule has 17 heavy (non-hydrogen) atoms. The Labute approximate surface area is 102 Å². The van der Waals surface area contributed by atoms with E-state index in [9.17, 15) is 4.79 Å². The van der Waals surface area contributed by atoms with Gasteiger partial charge in [-0.2, -0.15) is 5.10 Å². The van der Waals surface area contributed by atoms with Crippen molar-refractivity contribution in [2.45, 2.75) is 26.2 Å². The van der Waals surface area contributed by atoms with E-state index in [1.54, 1.807) is 4.68 Å². The van der Waals surface area contributed by atoms with Gasteiger partial charge in [-0.05, 0) is 38.8 Å². The number of aryl methyl sites for hydroxylation is 2. The number of hydrogen-bond donors (Lipinski definition) is 2. The van der Waals surface area contributed by atoms with E-state index in [-0.39, 0.29) is 5.91 Å². The van der Waals surface area contributed by atoms with Crippen molar-refractivity contribution in [3.05, 3.63) is 11.9 Å². The van der Waals surface area contributed by atoms with Gasteiger partial charge in [-0.25, -0.2) is 0 Å². The number of amides is 1. The first-order chi connectivity index (χ1) is 8.15. The van der Waals surface area contributed by atoms with E-state index in [4.69, 9.17) is 0 Å². The second-order valence-electron chi connectivity index (χ2n) is 4.75. The molecule has 1 atom stereocenters. The molecule has 1 amide bonds. The van der Waals surface area contributed by atoms with Crippen molar-refractivity contribution >= 4 is 11.6 Å². The van der Waals surface area contributed by atoms with Crippen LogP contribution in [-0.4, -0.2) is 28.8 Å². The Morgan fingerprint density at radius 2 is 2.53 bits per heavy atom. The first-order valence-corrected chi connectivity index (χ1v) is 6.16. The van der Waals surface area contributed by atoms with Gasteiger partial charge in [-0.15, -0.1) is 0 Å². The number of aromatic nitrogens is 2. The van der Waals surface area contributed by atoms with Crippen LogP contribution in [0.4, 0.5) is 5.69 Å². The summed E-state index contributed by atoms with van der Waals surface area (Å²) in [6, 6.07) is 0. The van der Waals surface area contributed by atoms with E-state index in [1.165, 1.54) is 6.42 Å². The van der Waals surface area contributed by atoms with Crippen LogP contribution >= 0.6 is 0 Å². The molecule has 0 spiro atoms. The third-order valence-corrected chi connectivity index (χ3v) is 3.23. The van der Waals surface area contributed by atoms with Gasteiger partial charge in [-0.3, -0.25) is 9.48 Å². The lowest BCUT2D eigenvalue weighted by Gasteiger charge is -2.07. The Hall–Kier alpha value is -1.36. The molecule has 1 aliphatic rings. The van der Waals surface area contributed by atoms with Crippen LogP contribution in [0, 0.1) is 12.8 Å². The average molecular weight is 236 g/mol. The van der Waals surface area contributed by atoms with E-state index < -0.39 is 0 Å². The molecule has 94 valence electrons. The summed E-state index contributed by atoms with van der Waals surface area (Å²) in [5.41, 5.74) is 1.69. The normalized spacial score (nSPS) is 19.5. The third-order valence-electron chi connectivity index (χ3n) is 3.23. The van der Waals surface area contributed by atoms with Crippen LogP contribution in [0.15, 0.2) is 6.20 Å². The molecule has 2 N–H and O–H groups in total. The highest BCUT2D eigenvalue weighted by atomic mass is 16.1. The van der Waals surface area contributed by atoms with Crippen molar-refractivity contribution in [2.24, 2.45) is 13.0 Å². The zero-order valence-corrected chi connectivity index (χ0v) is 10.5. The monoisotopic (exact) mass is 236 g/mol. The van der Waals surface area contributed by atoms with E-state index in [1.807, 2.05) is 20.2 Å². The van der Waals surface area contributed by atoms with Crippen LogP contribution in [0.5, 0.6) is 0 Å². The minimum atomic E-state index is 0.0907. The van der Waals surface area contributed by atoms with E-state index >= 15 is 0 Å². The maximum Gasteiger partial charge on any atom is 0.224 e. The summed E-state index contributed by atoms with van der Waals surface area (Å²) in [6.45, 7) is 4.05. The predicted octanol–water partition coefficient (Wildman–Crippen LogP) is 1.06. The molecule has 2 rings (SSSR count). The highest BCUT2D eigenvalue weighted by Gasteiger charge is 2.16. The van der Waals surface area contributed by atoms with Gasteiger partial charge in [0.15, 0.2) is 0 Å². The zero-order valence-electron chi connectivity index (χ0n) is 10.5. The van der Waals surface area contributed by atoms with Gasteiger partial charge < -0.3 is 10.6 Å². The third kappa shape index (κ3) is 3.30. The smallest absolute Gasteiger partial charge is 0.224 e. The molecule has 2 heterocycles. The fourth-order valence-corrected chi connectivity index (χ4v) is 2.23. The number of anilines is 1. The van der Waals surface area contributed by atoms with Gasteiger partial charge in [0, 0.05) is 19.7 Å². The SMILES string of the molecule is Cc1nn(C)cc1NC(=O)CCC1CCNC1. The van der Waals surface area contributed by atoms with Gasteiger partial charge in [0.1, 0.15) is 0 Å². The summed E-state index contributed by atoms with van der Waals surface area (Å²) in [4.78, 5) is 11.8. The fourth-order valence-electron chi connectivity index (χ4n) is 2.23. The average Bonchev–Trinajstić information content (AvgIpc) is 2.87. The molecule has 0 radical (unpaired) electrons. The number of nitrogens with zero attached hydrogens (tertiary/aromatic N) is 2. The number of carbonyl (C=O) groups excluding carboxylic acids is 1. The standard InChI is InChI=1S/C12H20N4O/c1-9-11(8-16(2)15-9)14-12(17)4-3-10-5-6-13-7-10/h8,10,13H,3-7H2,1-2H3,(H,14,17). The van der Waals surface area contributed by atoms with Crippen molar-refractivity contribution in [2.75, 3.05) is 18.4 Å². The first kappa shape index (κ1) is 12.1. The van der Waals surface area contributed by atoms with E-state index in [0.717, 1.165) is 30.9 Å². The van der Waals surface area contributed by atoms with E-state index in [0.29, 0.717) is 12.3 Å². The topological polar surface area (TPSA) is 59.0 Å². The Morgan fingerprint density at radius 1 is 1.71 bits per heavy atom. The maximum absolute atomic E-state index is 11.8. The van der Waals surface area contributed by atoms with Crippen molar-refractivity contribution in [1.29, 1.82) is 0 Å². The molecular weight excluding hydrogens is 216 g/mol. The van der Waals surface area contributed by atoms with Crippen molar-refractivity contribution < 1.29 is 4.79 Å². The molecular formula is C12H20N4O. The lowest BCUT2D eigenvalue weighted by molar-refractivity contribution is -0.116. The van der Waals surface area contributed by atoms with Crippen molar-refractivity contribution in [1.82, 2.24) is 15.1 Å². The molecule has 0 aromatic carbocycles. The second-order valence-corrected chi connectivity index (χ2v) is 4.75. The predicted molar refractivity (Wildman–Crippen MR) is 66.8 cm³/mol. The van der Waals surface area contributed by atoms with Gasteiger partial charge in [0.05, 0.1) is 11.4 Å². The summed E-state index contributed by atoms with van der Waals surface area (Å²) < 4.78 is 1.71. The molecule has 0 aliphatic carbocycles. The summed E-state index contributed by atoms with van der Waals surface area (Å²) in [7, 11) is 1.85. The molecule has 5 nitrogen and oxygen atoms in total. The lowest BCUT2D eigenvalue weighted by atomic mass is 10.0. The number of rotatable bonds is 4. The molecule has 1 aromatic rings. The van der Waals surface area contributed by atoms with Crippen LogP contribution in [0.25, 0.3) is 0 Å². The minimum absolute atomic E-state index is 0.0907. The minimum Gasteiger partial charge on any atom is -0.323 e. The quantitative estimate of drug-likeness (QED) is 0.821. The Bertz CT molecular complexity index is 393. The molecule has 1 fully saturated rings. The van der Waals surface area contributed by atoms with E-state index in [2.05, 4.69) is 15.7 Å². The highest BCUT2D eigenvalue weighted by Crippen LogP contribution is 2.16. The first-order valence-electron chi connectivity index (χ1n) is 6.16. The number of hydrogen-bond acceptors (Lipinski definition) is 3. The van der Waals surface area contributed by atoms with Crippen molar-refractivity contribution in [3.63, 3.8) is 0 Å². The largest absolute Gasteiger partial charge is 0.323 e.